The Morgan fingerprint density at radius 2 is 1.61 bits per heavy atom. The first kappa shape index (κ1) is 44.6. The van der Waals surface area contributed by atoms with Gasteiger partial charge >= 0.3 is 38.2 Å². The van der Waals surface area contributed by atoms with Gasteiger partial charge in [0.2, 0.25) is 0 Å². The van der Waals surface area contributed by atoms with E-state index in [1.54, 1.807) is 0 Å². The highest BCUT2D eigenvalue weighted by molar-refractivity contribution is 6.45. The molecule has 0 unspecified atom stereocenters. The molecule has 4 rings (SSSR count). The Morgan fingerprint density at radius 3 is 2.15 bits per heavy atom. The van der Waals surface area contributed by atoms with Crippen LogP contribution in [-0.2, 0) is 39.8 Å². The number of likely N-dealkylation sites (tertiary alicyclic amines) is 1. The van der Waals surface area contributed by atoms with Gasteiger partial charge in [-0.15, -0.1) is 0 Å². The number of esters is 1. The lowest BCUT2D eigenvalue weighted by Gasteiger charge is -2.35. The molecule has 54 heavy (non-hydrogen) atoms. The second-order valence-electron chi connectivity index (χ2n) is 15.2. The van der Waals surface area contributed by atoms with Crippen LogP contribution >= 0.6 is 0 Å². The van der Waals surface area contributed by atoms with Gasteiger partial charge in [-0.05, 0) is 58.7 Å². The summed E-state index contributed by atoms with van der Waals surface area (Å²) in [5.41, 5.74) is -2.67. The molecule has 7 N–H and O–H groups in total. The first-order chi connectivity index (χ1) is 25.3. The molecule has 298 valence electrons. The number of rotatable bonds is 15. The number of carbonyl (C=O) groups is 4. The number of benzene rings is 1. The van der Waals surface area contributed by atoms with Crippen molar-refractivity contribution in [3.8, 4) is 6.07 Å². The van der Waals surface area contributed by atoms with E-state index in [1.807, 2.05) is 58.0 Å². The summed E-state index contributed by atoms with van der Waals surface area (Å²) in [6.07, 6.45) is -1.93. The third-order valence-corrected chi connectivity index (χ3v) is 11.1. The van der Waals surface area contributed by atoms with E-state index in [2.05, 4.69) is 11.4 Å². The molecule has 0 radical (unpaired) electrons. The predicted molar refractivity (Wildman–Crippen MR) is 192 cm³/mol. The topological polar surface area (TPSA) is 266 Å². The fourth-order valence-electron chi connectivity index (χ4n) is 7.53. The Labute approximate surface area is 315 Å². The molecule has 1 aromatic rings. The Morgan fingerprint density at radius 1 is 1.00 bits per heavy atom. The summed E-state index contributed by atoms with van der Waals surface area (Å²) >= 11 is 0. The van der Waals surface area contributed by atoms with Gasteiger partial charge in [-0.3, -0.25) is 14.5 Å². The molecular formula is C35H53B2N3O14. The second kappa shape index (κ2) is 18.7. The first-order valence-corrected chi connectivity index (χ1v) is 17.9. The van der Waals surface area contributed by atoms with Crippen LogP contribution in [0.15, 0.2) is 30.3 Å². The van der Waals surface area contributed by atoms with Crippen LogP contribution < -0.4 is 5.32 Å². The summed E-state index contributed by atoms with van der Waals surface area (Å²) in [5, 5.41) is 68.9. The average molecular weight is 761 g/mol. The van der Waals surface area contributed by atoms with Gasteiger partial charge in [0.1, 0.15) is 18.7 Å². The van der Waals surface area contributed by atoms with E-state index in [1.165, 1.54) is 12.0 Å². The lowest BCUT2D eigenvalue weighted by Crippen LogP contribution is -2.50. The Hall–Kier alpha value is -3.76. The number of aliphatic hydroxyl groups excluding tert-OH is 2. The number of aliphatic hydroxyl groups is 2. The van der Waals surface area contributed by atoms with Crippen LogP contribution in [0.3, 0.4) is 0 Å². The molecule has 17 nitrogen and oxygen atoms in total. The summed E-state index contributed by atoms with van der Waals surface area (Å²) in [7, 11) is -0.750. The van der Waals surface area contributed by atoms with Gasteiger partial charge in [-0.2, -0.15) is 5.26 Å². The van der Waals surface area contributed by atoms with Crippen LogP contribution in [0.25, 0.3) is 0 Å². The maximum absolute atomic E-state index is 13.0. The Kier molecular flexibility index (Phi) is 15.5. The fraction of sp³-hybridized carbons (Fsp3) is 0.686. The summed E-state index contributed by atoms with van der Waals surface area (Å²) < 4.78 is 22.5. The predicted octanol–water partition coefficient (Wildman–Crippen LogP) is 1.43. The number of β-amino-alcohol motifs (C(OH)–C–C–N with tert-alkyl or cyclic N) is 2. The maximum atomic E-state index is 13.0. The van der Waals surface area contributed by atoms with Gasteiger partial charge in [0.15, 0.2) is 0 Å². The molecule has 1 aromatic carbocycles. The van der Waals surface area contributed by atoms with Gasteiger partial charge < -0.3 is 54.6 Å². The van der Waals surface area contributed by atoms with Gasteiger partial charge in [0, 0.05) is 23.8 Å². The number of amides is 1. The van der Waals surface area contributed by atoms with Crippen molar-refractivity contribution in [2.45, 2.75) is 121 Å². The fourth-order valence-corrected chi connectivity index (χ4v) is 7.53. The lowest BCUT2D eigenvalue weighted by atomic mass is 9.69. The minimum atomic E-state index is -1.53. The monoisotopic (exact) mass is 761 g/mol. The smallest absolute Gasteiger partial charge is 0.457 e. The summed E-state index contributed by atoms with van der Waals surface area (Å²) in [4.78, 5) is 49.2. The molecule has 6 atom stereocenters. The molecular weight excluding hydrogens is 708 g/mol. The van der Waals surface area contributed by atoms with Crippen molar-refractivity contribution in [1.82, 2.24) is 10.2 Å². The van der Waals surface area contributed by atoms with Crippen LogP contribution in [-0.4, -0.2) is 129 Å². The van der Waals surface area contributed by atoms with Crippen molar-refractivity contribution in [3.63, 3.8) is 0 Å². The summed E-state index contributed by atoms with van der Waals surface area (Å²) in [6.45, 7) is 7.77. The van der Waals surface area contributed by atoms with Crippen molar-refractivity contribution in [2.24, 2.45) is 10.8 Å². The number of hydrogen-bond acceptors (Lipinski definition) is 14. The van der Waals surface area contributed by atoms with Crippen molar-refractivity contribution >= 4 is 38.2 Å². The third kappa shape index (κ3) is 10.3. The van der Waals surface area contributed by atoms with E-state index in [0.29, 0.717) is 19.2 Å². The van der Waals surface area contributed by atoms with Crippen molar-refractivity contribution in [3.05, 3.63) is 35.9 Å². The molecule has 3 aliphatic heterocycles. The number of hydrogen-bond donors (Lipinski definition) is 7. The Bertz CT molecular complexity index is 1480. The third-order valence-electron chi connectivity index (χ3n) is 11.1. The average Bonchev–Trinajstić information content (AvgIpc) is 3.63. The van der Waals surface area contributed by atoms with Gasteiger partial charge in [-0.25, -0.2) is 9.59 Å². The van der Waals surface area contributed by atoms with Crippen LogP contribution in [0.2, 0.25) is 12.6 Å². The zero-order chi connectivity index (χ0) is 40.5. The van der Waals surface area contributed by atoms with E-state index >= 15 is 0 Å². The van der Waals surface area contributed by atoms with Crippen molar-refractivity contribution in [2.75, 3.05) is 20.2 Å². The van der Waals surface area contributed by atoms with E-state index in [4.69, 9.17) is 39.0 Å². The molecule has 19 heteroatoms. The van der Waals surface area contributed by atoms with E-state index in [0.717, 1.165) is 5.56 Å². The van der Waals surface area contributed by atoms with Crippen molar-refractivity contribution < 1.29 is 68.4 Å². The number of nitrogens with one attached hydrogen (secondary N) is 1. The van der Waals surface area contributed by atoms with Crippen LogP contribution in [0.4, 0.5) is 4.79 Å². The largest absolute Gasteiger partial charge is 0.481 e. The number of carbonyl (C=O) groups excluding carboxylic acids is 2. The number of carboxylic acid groups (broad SMARTS) is 2. The molecule has 0 aromatic heterocycles. The van der Waals surface area contributed by atoms with Crippen LogP contribution in [0.1, 0.15) is 71.8 Å². The molecule has 3 saturated heterocycles. The maximum Gasteiger partial charge on any atom is 0.457 e. The molecule has 0 saturated carbocycles. The second-order valence-corrected chi connectivity index (χ2v) is 15.2. The summed E-state index contributed by atoms with van der Waals surface area (Å²) in [6, 6.07) is 8.95. The van der Waals surface area contributed by atoms with Crippen LogP contribution in [0, 0.1) is 22.2 Å². The first-order valence-electron chi connectivity index (χ1n) is 17.9. The zero-order valence-electron chi connectivity index (χ0n) is 31.5. The molecule has 1 amide bonds. The quantitative estimate of drug-likeness (QED) is 0.0985. The molecule has 0 bridgehead atoms. The highest BCUT2D eigenvalue weighted by Gasteiger charge is 2.60. The lowest BCUT2D eigenvalue weighted by molar-refractivity contribution is -0.150. The molecule has 0 aliphatic carbocycles. The van der Waals surface area contributed by atoms with Gasteiger partial charge in [0.05, 0.1) is 49.6 Å². The number of nitrogens with zero attached hydrogens (tertiary/aromatic N) is 2. The number of methoxy groups -OCH3 is 1. The molecule has 3 fully saturated rings. The Balaban J connectivity index is 0.000000349. The van der Waals surface area contributed by atoms with E-state index in [9.17, 15) is 34.7 Å². The SMILES string of the molecule is COC(=O)[C@H]1N(C(=O)OCc2ccccc2)C[C@@H](O)[C@@]1(CC#N)CCCB1OC(C)(C)C(C)(C)O1.O=C(O)C[C@@]1(CCCB(O)O)[C@H](O)CN[C@@H]1C(=O)O. The number of ether oxygens (including phenoxy) is 2. The highest BCUT2D eigenvalue weighted by Crippen LogP contribution is 2.46. The van der Waals surface area contributed by atoms with Crippen LogP contribution in [0.5, 0.6) is 0 Å². The molecule has 3 aliphatic rings. The van der Waals surface area contributed by atoms with Gasteiger partial charge in [-0.1, -0.05) is 43.2 Å². The minimum absolute atomic E-state index is 0.000425. The minimum Gasteiger partial charge on any atom is -0.481 e. The number of carboxylic acids is 2. The highest BCUT2D eigenvalue weighted by atomic mass is 16.7. The zero-order valence-corrected chi connectivity index (χ0v) is 31.5. The molecule has 0 spiro atoms. The standard InChI is InChI=1S/C25H35BN2O7.C10H18BNO7/c1-23(2)24(3,4)35-26(34-23)14-9-12-25(13-15-27)19(29)16-28(20(25)21(30)32-5)22(31)33-17-18-10-7-6-8-11-18;13-6-5-12-8(9(16)17)10(6,4-7(14)15)2-1-3-11(18)19/h6-8,10-11,19-20,29H,9,12-14,16-17H2,1-5H3;6,8,12-13,18-19H,1-5H2,(H,14,15)(H,16,17)/t19-,20-,25+;6-,8-,10+/m11/s1. The number of nitriles is 1. The van der Waals surface area contributed by atoms with E-state index in [-0.39, 0.29) is 45.3 Å². The summed E-state index contributed by atoms with van der Waals surface area (Å²) in [5.74, 6) is -3.11. The molecule has 3 heterocycles. The normalized spacial score (nSPS) is 28.1. The van der Waals surface area contributed by atoms with Crippen molar-refractivity contribution in [1.29, 1.82) is 5.26 Å². The number of aliphatic carboxylic acids is 2. The van der Waals surface area contributed by atoms with E-state index < -0.39 is 91.0 Å². The van der Waals surface area contributed by atoms with Gasteiger partial charge in [0.25, 0.3) is 0 Å².